The van der Waals surface area contributed by atoms with Gasteiger partial charge in [0, 0.05) is 31.5 Å². The number of carbonyl (C=O) groups is 2. The van der Waals surface area contributed by atoms with Crippen molar-refractivity contribution in [2.45, 2.75) is 72.4 Å². The molecule has 0 radical (unpaired) electrons. The Morgan fingerprint density at radius 2 is 1.80 bits per heavy atom. The lowest BCUT2D eigenvalue weighted by molar-refractivity contribution is -0.140. The van der Waals surface area contributed by atoms with Gasteiger partial charge in [-0.25, -0.2) is 0 Å². The van der Waals surface area contributed by atoms with Gasteiger partial charge >= 0.3 is 0 Å². The van der Waals surface area contributed by atoms with Gasteiger partial charge in [0.15, 0.2) is 0 Å². The predicted molar refractivity (Wildman–Crippen MR) is 81.2 cm³/mol. The molecule has 1 aliphatic rings. The molecule has 0 aliphatic carbocycles. The topological polar surface area (TPSA) is 49.4 Å². The molecule has 0 aromatic carbocycles. The second kappa shape index (κ2) is 5.74. The summed E-state index contributed by atoms with van der Waals surface area (Å²) in [6.07, 6.45) is 1.84. The summed E-state index contributed by atoms with van der Waals surface area (Å²) in [6, 6.07) is 0.205. The van der Waals surface area contributed by atoms with Crippen molar-refractivity contribution in [2.75, 3.05) is 7.05 Å². The quantitative estimate of drug-likeness (QED) is 0.846. The molecule has 1 fully saturated rings. The van der Waals surface area contributed by atoms with E-state index in [1.165, 1.54) is 0 Å². The maximum absolute atomic E-state index is 12.1. The minimum atomic E-state index is -0.212. The number of carbonyl (C=O) groups excluding carboxylic acids is 2. The van der Waals surface area contributed by atoms with Gasteiger partial charge < -0.3 is 10.2 Å². The fourth-order valence-corrected chi connectivity index (χ4v) is 2.94. The third-order valence-electron chi connectivity index (χ3n) is 3.87. The number of amides is 2. The maximum Gasteiger partial charge on any atom is 0.222 e. The highest BCUT2D eigenvalue weighted by molar-refractivity contribution is 5.80. The van der Waals surface area contributed by atoms with Gasteiger partial charge in [0.2, 0.25) is 11.8 Å². The van der Waals surface area contributed by atoms with Crippen molar-refractivity contribution in [3.05, 3.63) is 0 Å². The maximum atomic E-state index is 12.1. The second-order valence-electron chi connectivity index (χ2n) is 8.19. The van der Waals surface area contributed by atoms with Crippen molar-refractivity contribution < 1.29 is 9.59 Å². The lowest BCUT2D eigenvalue weighted by Gasteiger charge is -2.44. The van der Waals surface area contributed by atoms with Gasteiger partial charge in [-0.3, -0.25) is 9.59 Å². The predicted octanol–water partition coefficient (Wildman–Crippen LogP) is 2.57. The van der Waals surface area contributed by atoms with Crippen LogP contribution in [0, 0.1) is 11.3 Å². The van der Waals surface area contributed by atoms with Gasteiger partial charge in [0.1, 0.15) is 0 Å². The van der Waals surface area contributed by atoms with Gasteiger partial charge in [-0.05, 0) is 38.5 Å². The van der Waals surface area contributed by atoms with Crippen LogP contribution in [-0.2, 0) is 9.59 Å². The number of piperidine rings is 1. The molecular weight excluding hydrogens is 252 g/mol. The van der Waals surface area contributed by atoms with Gasteiger partial charge in [0.25, 0.3) is 0 Å². The number of nitrogens with one attached hydrogen (secondary N) is 1. The van der Waals surface area contributed by atoms with Crippen LogP contribution in [0.25, 0.3) is 0 Å². The van der Waals surface area contributed by atoms with Gasteiger partial charge in [-0.2, -0.15) is 0 Å². The average Bonchev–Trinajstić information content (AvgIpc) is 2.18. The number of hydrogen-bond donors (Lipinski definition) is 1. The van der Waals surface area contributed by atoms with Crippen LogP contribution in [0.3, 0.4) is 0 Å². The number of nitrogens with zero attached hydrogens (tertiary/aromatic N) is 1. The zero-order valence-corrected chi connectivity index (χ0v) is 14.0. The van der Waals surface area contributed by atoms with E-state index in [2.05, 4.69) is 26.1 Å². The van der Waals surface area contributed by atoms with E-state index in [0.29, 0.717) is 12.8 Å². The lowest BCUT2D eigenvalue weighted by Crippen LogP contribution is -2.51. The Balaban J connectivity index is 2.69. The summed E-state index contributed by atoms with van der Waals surface area (Å²) in [5, 5.41) is 2.98. The number of hydrogen-bond acceptors (Lipinski definition) is 2. The van der Waals surface area contributed by atoms with Crippen LogP contribution in [0.4, 0.5) is 0 Å². The van der Waals surface area contributed by atoms with Crippen molar-refractivity contribution in [1.29, 1.82) is 0 Å². The monoisotopic (exact) mass is 282 g/mol. The van der Waals surface area contributed by atoms with E-state index >= 15 is 0 Å². The largest absolute Gasteiger partial charge is 0.352 e. The second-order valence-corrected chi connectivity index (χ2v) is 8.19. The molecule has 0 aromatic rings. The Morgan fingerprint density at radius 3 is 2.25 bits per heavy atom. The Morgan fingerprint density at radius 1 is 1.25 bits per heavy atom. The van der Waals surface area contributed by atoms with E-state index in [-0.39, 0.29) is 34.7 Å². The normalized spacial score (nSPS) is 24.8. The molecule has 4 nitrogen and oxygen atoms in total. The molecule has 20 heavy (non-hydrogen) atoms. The molecule has 1 saturated heterocycles. The molecule has 1 heterocycles. The number of rotatable bonds is 2. The average molecular weight is 282 g/mol. The fourth-order valence-electron chi connectivity index (χ4n) is 2.94. The van der Waals surface area contributed by atoms with Crippen molar-refractivity contribution >= 4 is 11.8 Å². The van der Waals surface area contributed by atoms with E-state index in [0.717, 1.165) is 6.42 Å². The van der Waals surface area contributed by atoms with Crippen molar-refractivity contribution in [3.63, 3.8) is 0 Å². The van der Waals surface area contributed by atoms with Crippen LogP contribution in [-0.4, -0.2) is 35.3 Å². The molecule has 0 saturated carbocycles. The highest BCUT2D eigenvalue weighted by Crippen LogP contribution is 2.35. The molecular formula is C16H30N2O2. The fraction of sp³-hybridized carbons (Fsp3) is 0.875. The van der Waals surface area contributed by atoms with Gasteiger partial charge in [-0.15, -0.1) is 0 Å². The van der Waals surface area contributed by atoms with E-state index in [4.69, 9.17) is 0 Å². The van der Waals surface area contributed by atoms with E-state index in [9.17, 15) is 9.59 Å². The first-order valence-corrected chi connectivity index (χ1v) is 7.47. The molecule has 4 heteroatoms. The molecule has 0 bridgehead atoms. The highest BCUT2D eigenvalue weighted by Gasteiger charge is 2.38. The minimum Gasteiger partial charge on any atom is -0.352 e. The zero-order valence-electron chi connectivity index (χ0n) is 14.0. The van der Waals surface area contributed by atoms with Crippen LogP contribution in [0.5, 0.6) is 0 Å². The summed E-state index contributed by atoms with van der Waals surface area (Å²) in [6.45, 7) is 12.4. The standard InChI is InChI=1S/C16H30N2O2/c1-15(2,3)12-8-11(10-14(20)18(12)7)9-13(19)17-16(4,5)6/h11-12H,8-10H2,1-7H3,(H,17,19). The Hall–Kier alpha value is -1.06. The minimum absolute atomic E-state index is 0.0452. The molecule has 116 valence electrons. The summed E-state index contributed by atoms with van der Waals surface area (Å²) < 4.78 is 0. The van der Waals surface area contributed by atoms with Crippen molar-refractivity contribution in [2.24, 2.45) is 11.3 Å². The van der Waals surface area contributed by atoms with E-state index in [1.807, 2.05) is 32.7 Å². The van der Waals surface area contributed by atoms with Crippen LogP contribution in [0.1, 0.15) is 60.8 Å². The smallest absolute Gasteiger partial charge is 0.222 e. The van der Waals surface area contributed by atoms with E-state index < -0.39 is 0 Å². The van der Waals surface area contributed by atoms with Gasteiger partial charge in [0.05, 0.1) is 0 Å². The van der Waals surface area contributed by atoms with Crippen LogP contribution in [0.2, 0.25) is 0 Å². The molecule has 2 amide bonds. The third kappa shape index (κ3) is 4.80. The summed E-state index contributed by atoms with van der Waals surface area (Å²) in [7, 11) is 1.88. The Kier molecular flexibility index (Phi) is 4.88. The van der Waals surface area contributed by atoms with Crippen LogP contribution in [0.15, 0.2) is 0 Å². The Bertz CT molecular complexity index is 377. The third-order valence-corrected chi connectivity index (χ3v) is 3.87. The SMILES string of the molecule is CN1C(=O)CC(CC(=O)NC(C)(C)C)CC1C(C)(C)C. The molecule has 0 aromatic heterocycles. The molecule has 1 aliphatic heterocycles. The molecule has 1 rings (SSSR count). The summed E-state index contributed by atoms with van der Waals surface area (Å²) in [4.78, 5) is 26.0. The first-order valence-electron chi connectivity index (χ1n) is 7.47. The first kappa shape index (κ1) is 17.0. The lowest BCUT2D eigenvalue weighted by atomic mass is 9.76. The zero-order chi connectivity index (χ0) is 15.7. The summed E-state index contributed by atoms with van der Waals surface area (Å²) >= 11 is 0. The van der Waals surface area contributed by atoms with Crippen LogP contribution < -0.4 is 5.32 Å². The van der Waals surface area contributed by atoms with Gasteiger partial charge in [-0.1, -0.05) is 20.8 Å². The Labute approximate surface area is 123 Å². The molecule has 2 atom stereocenters. The summed E-state index contributed by atoms with van der Waals surface area (Å²) in [5.74, 6) is 0.363. The molecule has 2 unspecified atom stereocenters. The molecule has 1 N–H and O–H groups in total. The van der Waals surface area contributed by atoms with Crippen molar-refractivity contribution in [3.8, 4) is 0 Å². The van der Waals surface area contributed by atoms with Crippen molar-refractivity contribution in [1.82, 2.24) is 10.2 Å². The van der Waals surface area contributed by atoms with Crippen LogP contribution >= 0.6 is 0 Å². The summed E-state index contributed by atoms with van der Waals surface area (Å²) in [5.41, 5.74) is -0.167. The first-order chi connectivity index (χ1) is 8.90. The highest BCUT2D eigenvalue weighted by atomic mass is 16.2. The number of likely N-dealkylation sites (tertiary alicyclic amines) is 1. The molecule has 0 spiro atoms. The van der Waals surface area contributed by atoms with E-state index in [1.54, 1.807) is 0 Å².